The molecule has 8 aliphatic rings. The number of aromatic hydroxyl groups is 3. The van der Waals surface area contributed by atoms with Crippen LogP contribution in [-0.2, 0) is 55.0 Å². The quantitative estimate of drug-likeness (QED) is 0.0542. The minimum atomic E-state index is -1.27. The van der Waals surface area contributed by atoms with Gasteiger partial charge in [0.05, 0.1) is 31.2 Å². The van der Waals surface area contributed by atoms with Gasteiger partial charge in [0.15, 0.2) is 23.0 Å². The number of nitrogens with one attached hydrogen (secondary N) is 1. The fourth-order valence-electron chi connectivity index (χ4n) is 17.7. The lowest BCUT2D eigenvalue weighted by molar-refractivity contribution is -0.181. The van der Waals surface area contributed by atoms with Crippen molar-refractivity contribution < 1.29 is 58.8 Å². The Bertz CT molecular complexity index is 3800. The maximum Gasteiger partial charge on any atom is 0.316 e. The summed E-state index contributed by atoms with van der Waals surface area (Å²) in [7, 11) is 6.05. The van der Waals surface area contributed by atoms with Crippen molar-refractivity contribution in [2.24, 2.45) is 40.9 Å². The second-order valence-corrected chi connectivity index (χ2v) is 28.6. The second kappa shape index (κ2) is 23.4. The van der Waals surface area contributed by atoms with Crippen molar-refractivity contribution in [2.45, 2.75) is 119 Å². The minimum absolute atomic E-state index is 0.00682. The smallest absolute Gasteiger partial charge is 0.316 e. The molecule has 1 spiro atoms. The van der Waals surface area contributed by atoms with Crippen LogP contribution in [-0.4, -0.2) is 101 Å². The SMILES string of the molecule is COCC1C#CC2CC3CSSC(O)COc4cc5c(cc4O)CC4C(O)CC6c7cc(O)c(OC)cc7CC7C(OC(C)=O)CC(CC5C4C67C4=Cc5ccccc5CC4)OC(=O)C(C2)(C3)c2ccc3cc(O)cc(c3c2)-c2cccc(c2)CNC1. The first-order chi connectivity index (χ1) is 42.2. The predicted octanol–water partition coefficient (Wildman–Crippen LogP) is 11.7. The van der Waals surface area contributed by atoms with E-state index in [1.165, 1.54) is 46.8 Å². The van der Waals surface area contributed by atoms with Gasteiger partial charge in [-0.1, -0.05) is 99.7 Å². The van der Waals surface area contributed by atoms with Crippen LogP contribution < -0.4 is 14.8 Å². The summed E-state index contributed by atoms with van der Waals surface area (Å²) >= 11 is 0. The molecular formula is C72H75NO12S2. The van der Waals surface area contributed by atoms with Crippen LogP contribution in [0.3, 0.4) is 0 Å². The van der Waals surface area contributed by atoms with Gasteiger partial charge in [-0.15, -0.1) is 0 Å². The Labute approximate surface area is 516 Å². The Hall–Kier alpha value is -6.64. The molecule has 11 bridgehead atoms. The number of hydrogen-bond donors (Lipinski definition) is 6. The number of ether oxygens (including phenoxy) is 5. The third kappa shape index (κ3) is 10.4. The molecular weight excluding hydrogens is 1130 g/mol. The summed E-state index contributed by atoms with van der Waals surface area (Å²) in [5.41, 5.74) is 7.73. The number of aliphatic hydroxyl groups excluding tert-OH is 2. The average Bonchev–Trinajstić information content (AvgIpc) is 0.689. The van der Waals surface area contributed by atoms with Crippen molar-refractivity contribution in [1.82, 2.24) is 5.32 Å². The van der Waals surface area contributed by atoms with E-state index < -0.39 is 58.4 Å². The standard InChI is InChI=1S/C72H75NO12S2/c1-39(74)84-65-28-53-27-58-56-30-67(63(77)23-48(56)21-59-62(76)31-60-57-29-64(78)66(82-3)24-49(57)22-61(65)72(60,69(58)59)51-16-13-44-8-4-5-9-45(44)19-51)83-37-68(79)87-86-38-43-17-40-11-12-42(36-81-2)35-73-34-41-7-6-10-46(18-41)55-26-52(75)20-47-14-15-50(25-54(47)55)71(32-40,33-43)70(80)85-53/h4-10,14-15,18-20,23-26,29-30,40,42-43,53,58-62,65,68-69,73,75-79H,13,16-17,21-22,27-28,31-38H2,1-3H3. The molecule has 6 aliphatic carbocycles. The summed E-state index contributed by atoms with van der Waals surface area (Å²) in [6.07, 6.45) is 4.47. The van der Waals surface area contributed by atoms with E-state index in [9.17, 15) is 30.3 Å². The summed E-state index contributed by atoms with van der Waals surface area (Å²) in [4.78, 5) is 31.0. The zero-order chi connectivity index (χ0) is 59.9. The van der Waals surface area contributed by atoms with Crippen molar-refractivity contribution in [3.63, 3.8) is 0 Å². The molecule has 2 aliphatic heterocycles. The first kappa shape index (κ1) is 58.1. The fourth-order valence-corrected chi connectivity index (χ4v) is 20.0. The maximum atomic E-state index is 16.9. The van der Waals surface area contributed by atoms with Gasteiger partial charge in [-0.25, -0.2) is 0 Å². The molecule has 6 N–H and O–H groups in total. The number of hydrogen-bond acceptors (Lipinski definition) is 15. The zero-order valence-electron chi connectivity index (χ0n) is 49.3. The van der Waals surface area contributed by atoms with Crippen LogP contribution in [0.25, 0.3) is 28.0 Å². The number of fused-ring (bicyclic) bond motifs is 11. The first-order valence-corrected chi connectivity index (χ1v) is 33.3. The Morgan fingerprint density at radius 3 is 2.55 bits per heavy atom. The van der Waals surface area contributed by atoms with Gasteiger partial charge in [0.1, 0.15) is 30.0 Å². The van der Waals surface area contributed by atoms with E-state index in [0.29, 0.717) is 76.1 Å². The average molecular weight is 1210 g/mol. The molecule has 14 atom stereocenters. The maximum absolute atomic E-state index is 16.9. The molecule has 2 heterocycles. The van der Waals surface area contributed by atoms with Gasteiger partial charge >= 0.3 is 11.9 Å². The Balaban J connectivity index is 0.998. The number of carbonyl (C=O) groups is 2. The highest BCUT2D eigenvalue weighted by Crippen LogP contribution is 2.72. The van der Waals surface area contributed by atoms with Gasteiger partial charge in [-0.3, -0.25) is 9.59 Å². The first-order valence-electron chi connectivity index (χ1n) is 31.0. The fraction of sp³-hybridized carbons (Fsp3) is 0.444. The molecule has 0 radical (unpaired) electrons. The van der Waals surface area contributed by atoms with E-state index in [1.807, 2.05) is 36.4 Å². The monoisotopic (exact) mass is 1210 g/mol. The molecule has 6 aromatic carbocycles. The molecule has 0 saturated heterocycles. The van der Waals surface area contributed by atoms with Crippen LogP contribution in [0.15, 0.2) is 109 Å². The number of aliphatic hydroxyl groups is 2. The van der Waals surface area contributed by atoms with Crippen molar-refractivity contribution in [3.05, 3.63) is 153 Å². The molecule has 0 aromatic heterocycles. The number of esters is 2. The van der Waals surface area contributed by atoms with Crippen LogP contribution in [0.4, 0.5) is 0 Å². The van der Waals surface area contributed by atoms with Gasteiger partial charge in [0.25, 0.3) is 0 Å². The summed E-state index contributed by atoms with van der Waals surface area (Å²) < 4.78 is 32.4. The van der Waals surface area contributed by atoms with Gasteiger partial charge in [-0.2, -0.15) is 0 Å². The topological polar surface area (TPSA) is 193 Å². The number of aryl methyl sites for hydroxylation is 1. The van der Waals surface area contributed by atoms with Crippen molar-refractivity contribution in [2.75, 3.05) is 39.7 Å². The molecule has 14 unspecified atom stereocenters. The Kier molecular flexibility index (Phi) is 15.6. The lowest BCUT2D eigenvalue weighted by Gasteiger charge is -2.66. The number of phenols is 3. The molecule has 13 nitrogen and oxygen atoms in total. The number of phenolic OH excluding ortho intramolecular Hbond substituents is 3. The van der Waals surface area contributed by atoms with E-state index in [-0.39, 0.29) is 78.0 Å². The number of rotatable bonds is 5. The summed E-state index contributed by atoms with van der Waals surface area (Å²) in [5.74, 6) is 5.22. The lowest BCUT2D eigenvalue weighted by Crippen LogP contribution is -2.64. The molecule has 14 rings (SSSR count). The summed E-state index contributed by atoms with van der Waals surface area (Å²) in [5, 5.41) is 65.2. The third-order valence-corrected chi connectivity index (χ3v) is 23.6. The van der Waals surface area contributed by atoms with Crippen molar-refractivity contribution in [1.29, 1.82) is 0 Å². The van der Waals surface area contributed by atoms with Gasteiger partial charge in [0, 0.05) is 56.5 Å². The van der Waals surface area contributed by atoms with Crippen LogP contribution in [0.1, 0.15) is 108 Å². The largest absolute Gasteiger partial charge is 0.508 e. The van der Waals surface area contributed by atoms with Gasteiger partial charge in [-0.05, 0) is 202 Å². The van der Waals surface area contributed by atoms with E-state index >= 15 is 4.79 Å². The molecule has 6 aromatic rings. The molecule has 3 fully saturated rings. The highest BCUT2D eigenvalue weighted by atomic mass is 33.1. The Morgan fingerprint density at radius 2 is 1.70 bits per heavy atom. The summed E-state index contributed by atoms with van der Waals surface area (Å²) in [6.45, 7) is 2.92. The van der Waals surface area contributed by atoms with Crippen LogP contribution in [0.5, 0.6) is 28.7 Å². The van der Waals surface area contributed by atoms with Crippen molar-refractivity contribution in [3.8, 4) is 51.7 Å². The van der Waals surface area contributed by atoms with Gasteiger partial charge < -0.3 is 54.5 Å². The molecule has 3 saturated carbocycles. The number of methoxy groups -OCH3 is 2. The van der Waals surface area contributed by atoms with E-state index in [0.717, 1.165) is 67.3 Å². The predicted molar refractivity (Wildman–Crippen MR) is 337 cm³/mol. The van der Waals surface area contributed by atoms with E-state index in [4.69, 9.17) is 23.7 Å². The Morgan fingerprint density at radius 1 is 0.839 bits per heavy atom. The lowest BCUT2D eigenvalue weighted by atomic mass is 9.38. The second-order valence-electron chi connectivity index (χ2n) is 26.0. The van der Waals surface area contributed by atoms with Crippen molar-refractivity contribution >= 4 is 50.4 Å². The van der Waals surface area contributed by atoms with Crippen LogP contribution in [0.2, 0.25) is 0 Å². The van der Waals surface area contributed by atoms with E-state index in [1.54, 1.807) is 25.3 Å². The number of benzene rings is 6. The highest BCUT2D eigenvalue weighted by Gasteiger charge is 2.68. The number of allylic oxidation sites excluding steroid dienone is 1. The summed E-state index contributed by atoms with van der Waals surface area (Å²) in [6, 6.07) is 34.0. The van der Waals surface area contributed by atoms with Crippen LogP contribution >= 0.6 is 21.6 Å². The molecule has 0 amide bonds. The molecule has 87 heavy (non-hydrogen) atoms. The van der Waals surface area contributed by atoms with E-state index in [2.05, 4.69) is 71.8 Å². The minimum Gasteiger partial charge on any atom is -0.508 e. The molecule has 15 heteroatoms. The zero-order valence-corrected chi connectivity index (χ0v) is 51.0. The number of carbonyl (C=O) groups excluding carboxylic acids is 2. The van der Waals surface area contributed by atoms with Crippen LogP contribution in [0, 0.1) is 52.8 Å². The normalized spacial score (nSPS) is 31.6. The highest BCUT2D eigenvalue weighted by molar-refractivity contribution is 8.76. The third-order valence-electron chi connectivity index (χ3n) is 21.0. The molecule has 452 valence electrons. The van der Waals surface area contributed by atoms with Gasteiger partial charge in [0.2, 0.25) is 0 Å².